The molecule has 0 aliphatic carbocycles. The highest BCUT2D eigenvalue weighted by Gasteiger charge is 2.46. The molecule has 4 amide bonds. The van der Waals surface area contributed by atoms with Crippen LogP contribution in [-0.2, 0) is 9.59 Å². The third-order valence-electron chi connectivity index (χ3n) is 2.83. The molecule has 1 aliphatic rings. The van der Waals surface area contributed by atoms with E-state index in [1.54, 1.807) is 13.8 Å². The van der Waals surface area contributed by atoms with Crippen LogP contribution in [0.1, 0.15) is 20.3 Å². The molecule has 0 aromatic carbocycles. The van der Waals surface area contributed by atoms with Crippen molar-refractivity contribution < 1.29 is 14.4 Å². The van der Waals surface area contributed by atoms with Crippen molar-refractivity contribution in [2.24, 2.45) is 0 Å². The quantitative estimate of drug-likeness (QED) is 0.734. The monoisotopic (exact) mass is 317 g/mol. The molecular weight excluding hydrogens is 302 g/mol. The fraction of sp³-hybridized carbons (Fsp3) is 0.545. The molecule has 1 atom stereocenters. The number of urea groups is 1. The van der Waals surface area contributed by atoms with Gasteiger partial charge in [-0.3, -0.25) is 14.5 Å². The van der Waals surface area contributed by atoms with Gasteiger partial charge in [0.15, 0.2) is 0 Å². The first kappa shape index (κ1) is 14.7. The average Bonchev–Trinajstić information content (AvgIpc) is 2.51. The number of carbonyl (C=O) groups is 3. The van der Waals surface area contributed by atoms with Crippen LogP contribution in [0.15, 0.2) is 11.1 Å². The maximum absolute atomic E-state index is 12.0. The molecular formula is C11H16BrN3O3. The minimum atomic E-state index is -0.906. The second kappa shape index (κ2) is 5.51. The lowest BCUT2D eigenvalue weighted by atomic mass is 9.99. The molecule has 0 saturated carbocycles. The van der Waals surface area contributed by atoms with Gasteiger partial charge in [0, 0.05) is 11.0 Å². The fourth-order valence-corrected chi connectivity index (χ4v) is 1.66. The van der Waals surface area contributed by atoms with Crippen LogP contribution in [0.3, 0.4) is 0 Å². The largest absolute Gasteiger partial charge is 0.350 e. The van der Waals surface area contributed by atoms with E-state index in [0.29, 0.717) is 10.9 Å². The molecule has 18 heavy (non-hydrogen) atoms. The smallest absolute Gasteiger partial charge is 0.325 e. The van der Waals surface area contributed by atoms with Crippen molar-refractivity contribution in [3.8, 4) is 0 Å². The van der Waals surface area contributed by atoms with Gasteiger partial charge in [-0.15, -0.1) is 0 Å². The molecule has 2 N–H and O–H groups in total. The van der Waals surface area contributed by atoms with Crippen molar-refractivity contribution in [3.63, 3.8) is 0 Å². The highest BCUT2D eigenvalue weighted by molar-refractivity contribution is 9.11. The number of imide groups is 1. The summed E-state index contributed by atoms with van der Waals surface area (Å²) in [5, 5.41) is 5.12. The van der Waals surface area contributed by atoms with Crippen molar-refractivity contribution in [1.29, 1.82) is 0 Å². The van der Waals surface area contributed by atoms with Crippen LogP contribution < -0.4 is 10.6 Å². The Morgan fingerprint density at radius 2 is 2.17 bits per heavy atom. The number of nitrogens with one attached hydrogen (secondary N) is 2. The molecule has 1 saturated heterocycles. The van der Waals surface area contributed by atoms with Crippen molar-refractivity contribution in [2.45, 2.75) is 25.8 Å². The van der Waals surface area contributed by atoms with Gasteiger partial charge in [-0.2, -0.15) is 0 Å². The predicted molar refractivity (Wildman–Crippen MR) is 70.0 cm³/mol. The molecule has 6 nitrogen and oxygen atoms in total. The zero-order chi connectivity index (χ0) is 13.9. The lowest BCUT2D eigenvalue weighted by Gasteiger charge is -2.19. The molecule has 0 aromatic heterocycles. The summed E-state index contributed by atoms with van der Waals surface area (Å²) in [6.07, 6.45) is 0.480. The van der Waals surface area contributed by atoms with E-state index in [-0.39, 0.29) is 19.0 Å². The van der Waals surface area contributed by atoms with Crippen molar-refractivity contribution in [2.75, 3.05) is 13.1 Å². The van der Waals surface area contributed by atoms with Crippen LogP contribution in [0.25, 0.3) is 0 Å². The van der Waals surface area contributed by atoms with E-state index in [9.17, 15) is 14.4 Å². The van der Waals surface area contributed by atoms with Gasteiger partial charge in [0.1, 0.15) is 12.1 Å². The van der Waals surface area contributed by atoms with E-state index in [2.05, 4.69) is 33.1 Å². The molecule has 7 heteroatoms. The lowest BCUT2D eigenvalue weighted by molar-refractivity contribution is -0.134. The summed E-state index contributed by atoms with van der Waals surface area (Å²) in [5.74, 6) is -0.776. The van der Waals surface area contributed by atoms with Crippen LogP contribution >= 0.6 is 15.9 Å². The van der Waals surface area contributed by atoms with E-state index < -0.39 is 17.5 Å². The average molecular weight is 318 g/mol. The zero-order valence-electron chi connectivity index (χ0n) is 10.4. The minimum absolute atomic E-state index is 0.257. The van der Waals surface area contributed by atoms with Gasteiger partial charge >= 0.3 is 6.03 Å². The molecule has 0 bridgehead atoms. The van der Waals surface area contributed by atoms with Gasteiger partial charge in [-0.25, -0.2) is 4.79 Å². The SMILES string of the molecule is C=C(Br)CNC(=O)CN1C(=O)NC(C)(CC)C1=O. The molecule has 100 valence electrons. The molecule has 1 aliphatic heterocycles. The summed E-state index contributed by atoms with van der Waals surface area (Å²) in [5.41, 5.74) is -0.906. The van der Waals surface area contributed by atoms with Gasteiger partial charge in [0.25, 0.3) is 5.91 Å². The number of hydrogen-bond acceptors (Lipinski definition) is 3. The van der Waals surface area contributed by atoms with E-state index >= 15 is 0 Å². The third-order valence-corrected chi connectivity index (χ3v) is 3.11. The Morgan fingerprint density at radius 1 is 1.56 bits per heavy atom. The van der Waals surface area contributed by atoms with Crippen LogP contribution in [0.2, 0.25) is 0 Å². The topological polar surface area (TPSA) is 78.5 Å². The van der Waals surface area contributed by atoms with Gasteiger partial charge in [0.2, 0.25) is 5.91 Å². The summed E-state index contributed by atoms with van der Waals surface area (Å²) in [6.45, 7) is 6.99. The van der Waals surface area contributed by atoms with E-state index in [1.165, 1.54) is 0 Å². The minimum Gasteiger partial charge on any atom is -0.350 e. The van der Waals surface area contributed by atoms with Crippen LogP contribution in [-0.4, -0.2) is 41.4 Å². The van der Waals surface area contributed by atoms with E-state index in [0.717, 1.165) is 4.90 Å². The maximum Gasteiger partial charge on any atom is 0.325 e. The van der Waals surface area contributed by atoms with Crippen molar-refractivity contribution in [1.82, 2.24) is 15.5 Å². The normalized spacial score (nSPS) is 22.9. The first-order chi connectivity index (χ1) is 8.30. The summed E-state index contributed by atoms with van der Waals surface area (Å²) in [6, 6.07) is -0.530. The standard InChI is InChI=1S/C11H16BrN3O3/c1-4-11(3)9(17)15(10(18)14-11)6-8(16)13-5-7(2)12/h2,4-6H2,1,3H3,(H,13,16)(H,14,18). The van der Waals surface area contributed by atoms with Gasteiger partial charge in [-0.1, -0.05) is 29.4 Å². The summed E-state index contributed by atoms with van der Waals surface area (Å²) >= 11 is 3.10. The van der Waals surface area contributed by atoms with Crippen molar-refractivity contribution >= 4 is 33.8 Å². The number of hydrogen-bond donors (Lipinski definition) is 2. The molecule has 1 rings (SSSR count). The Labute approximate surface area is 114 Å². The molecule has 1 fully saturated rings. The first-order valence-corrected chi connectivity index (χ1v) is 6.33. The summed E-state index contributed by atoms with van der Waals surface area (Å²) < 4.78 is 0.617. The second-order valence-corrected chi connectivity index (χ2v) is 5.42. The Bertz CT molecular complexity index is 410. The van der Waals surface area contributed by atoms with Gasteiger partial charge in [0.05, 0.1) is 0 Å². The van der Waals surface area contributed by atoms with Crippen molar-refractivity contribution in [3.05, 3.63) is 11.1 Å². The highest BCUT2D eigenvalue weighted by Crippen LogP contribution is 2.20. The van der Waals surface area contributed by atoms with Crippen LogP contribution in [0.5, 0.6) is 0 Å². The molecule has 1 unspecified atom stereocenters. The Balaban J connectivity index is 2.63. The number of halogens is 1. The Kier molecular flexibility index (Phi) is 4.50. The zero-order valence-corrected chi connectivity index (χ0v) is 12.0. The maximum atomic E-state index is 12.0. The fourth-order valence-electron chi connectivity index (χ4n) is 1.52. The Hall–Kier alpha value is -1.37. The van der Waals surface area contributed by atoms with Gasteiger partial charge < -0.3 is 10.6 Å². The first-order valence-electron chi connectivity index (χ1n) is 5.54. The van der Waals surface area contributed by atoms with E-state index in [4.69, 9.17) is 0 Å². The molecule has 0 aromatic rings. The van der Waals surface area contributed by atoms with Crippen LogP contribution in [0, 0.1) is 0 Å². The third kappa shape index (κ3) is 3.10. The Morgan fingerprint density at radius 3 is 2.61 bits per heavy atom. The summed E-state index contributed by atoms with van der Waals surface area (Å²) in [7, 11) is 0. The number of rotatable bonds is 5. The molecule has 1 heterocycles. The predicted octanol–water partition coefficient (Wildman–Crippen LogP) is 0.732. The molecule has 0 radical (unpaired) electrons. The van der Waals surface area contributed by atoms with Gasteiger partial charge in [-0.05, 0) is 13.3 Å². The lowest BCUT2D eigenvalue weighted by Crippen LogP contribution is -2.44. The number of amides is 4. The van der Waals surface area contributed by atoms with E-state index in [1.807, 2.05) is 0 Å². The van der Waals surface area contributed by atoms with Crippen LogP contribution in [0.4, 0.5) is 4.79 Å². The second-order valence-electron chi connectivity index (χ2n) is 4.30. The number of carbonyl (C=O) groups excluding carboxylic acids is 3. The summed E-state index contributed by atoms with van der Waals surface area (Å²) in [4.78, 5) is 36.1. The highest BCUT2D eigenvalue weighted by atomic mass is 79.9. The number of nitrogens with zero attached hydrogens (tertiary/aromatic N) is 1. The molecule has 0 spiro atoms.